The zero-order valence-electron chi connectivity index (χ0n) is 9.05. The average Bonchev–Trinajstić information content (AvgIpc) is 2.65. The molecule has 0 radical (unpaired) electrons. The number of hydrogen-bond donors (Lipinski definition) is 2. The number of anilines is 1. The van der Waals surface area contributed by atoms with Crippen molar-refractivity contribution in [1.82, 2.24) is 4.98 Å². The quantitative estimate of drug-likeness (QED) is 0.801. The van der Waals surface area contributed by atoms with Gasteiger partial charge >= 0.3 is 0 Å². The molecule has 0 saturated carbocycles. The van der Waals surface area contributed by atoms with Gasteiger partial charge < -0.3 is 10.8 Å². The molecule has 3 nitrogen and oxygen atoms in total. The zero-order valence-corrected chi connectivity index (χ0v) is 9.87. The van der Waals surface area contributed by atoms with E-state index in [1.807, 2.05) is 24.4 Å². The fourth-order valence-corrected chi connectivity index (χ4v) is 2.31. The Balaban J connectivity index is 2.08. The highest BCUT2D eigenvalue weighted by atomic mass is 32.1. The molecule has 1 heterocycles. The van der Waals surface area contributed by atoms with E-state index in [4.69, 9.17) is 5.73 Å². The molecular weight excluding hydrogens is 220 g/mol. The van der Waals surface area contributed by atoms with E-state index in [2.05, 4.69) is 4.98 Å². The minimum atomic E-state index is -0.508. The van der Waals surface area contributed by atoms with E-state index >= 15 is 0 Å². The second kappa shape index (κ2) is 4.63. The van der Waals surface area contributed by atoms with Crippen molar-refractivity contribution < 1.29 is 5.11 Å². The van der Waals surface area contributed by atoms with Crippen LogP contribution >= 0.6 is 11.3 Å². The summed E-state index contributed by atoms with van der Waals surface area (Å²) in [7, 11) is 0. The number of aliphatic hydroxyl groups excluding tert-OH is 1. The molecule has 1 atom stereocenters. The number of thiazole rings is 1. The molecule has 84 valence electrons. The predicted molar refractivity (Wildman–Crippen MR) is 66.4 cm³/mol. The Kier molecular flexibility index (Phi) is 3.22. The van der Waals surface area contributed by atoms with Crippen LogP contribution in [0.2, 0.25) is 0 Å². The summed E-state index contributed by atoms with van der Waals surface area (Å²) in [5, 5.41) is 13.0. The lowest BCUT2D eigenvalue weighted by Crippen LogP contribution is -2.01. The summed E-state index contributed by atoms with van der Waals surface area (Å²) in [6, 6.07) is 7.29. The van der Waals surface area contributed by atoms with E-state index in [1.165, 1.54) is 0 Å². The molecule has 2 rings (SSSR count). The monoisotopic (exact) mass is 234 g/mol. The molecule has 16 heavy (non-hydrogen) atoms. The Morgan fingerprint density at radius 1 is 1.38 bits per heavy atom. The summed E-state index contributed by atoms with van der Waals surface area (Å²) in [6.45, 7) is 1.95. The third-order valence-electron chi connectivity index (χ3n) is 2.36. The summed E-state index contributed by atoms with van der Waals surface area (Å²) in [4.78, 5) is 4.33. The number of aromatic nitrogens is 1. The van der Waals surface area contributed by atoms with Crippen molar-refractivity contribution in [2.24, 2.45) is 0 Å². The van der Waals surface area contributed by atoms with E-state index < -0.39 is 6.10 Å². The third-order valence-corrected chi connectivity index (χ3v) is 3.34. The molecule has 1 unspecified atom stereocenters. The highest BCUT2D eigenvalue weighted by Crippen LogP contribution is 2.21. The van der Waals surface area contributed by atoms with Gasteiger partial charge in [-0.1, -0.05) is 12.1 Å². The Morgan fingerprint density at radius 2 is 2.06 bits per heavy atom. The van der Waals surface area contributed by atoms with Crippen LogP contribution in [-0.2, 0) is 6.42 Å². The highest BCUT2D eigenvalue weighted by Gasteiger charge is 2.10. The van der Waals surface area contributed by atoms with Crippen LogP contribution in [0.4, 0.5) is 5.69 Å². The van der Waals surface area contributed by atoms with Crippen LogP contribution in [-0.4, -0.2) is 10.1 Å². The van der Waals surface area contributed by atoms with Gasteiger partial charge in [0.2, 0.25) is 0 Å². The van der Waals surface area contributed by atoms with E-state index in [9.17, 15) is 5.11 Å². The van der Waals surface area contributed by atoms with E-state index in [-0.39, 0.29) is 0 Å². The SMILES string of the molecule is Cc1csc(CC(O)c2ccc(N)cc2)n1. The van der Waals surface area contributed by atoms with Gasteiger partial charge in [-0.2, -0.15) is 0 Å². The fourth-order valence-electron chi connectivity index (χ4n) is 1.50. The molecule has 2 aromatic rings. The summed E-state index contributed by atoms with van der Waals surface area (Å²) in [5.41, 5.74) is 8.18. The van der Waals surface area contributed by atoms with Crippen LogP contribution in [0.5, 0.6) is 0 Å². The maximum atomic E-state index is 10.00. The van der Waals surface area contributed by atoms with Gasteiger partial charge in [0.1, 0.15) is 0 Å². The van der Waals surface area contributed by atoms with Gasteiger partial charge in [0.05, 0.1) is 11.1 Å². The zero-order chi connectivity index (χ0) is 11.5. The second-order valence-corrected chi connectivity index (χ2v) is 4.71. The Hall–Kier alpha value is -1.39. The number of aryl methyl sites for hydroxylation is 1. The first-order valence-electron chi connectivity index (χ1n) is 5.09. The van der Waals surface area contributed by atoms with E-state index in [0.717, 1.165) is 16.3 Å². The lowest BCUT2D eigenvalue weighted by Gasteiger charge is -2.09. The third kappa shape index (κ3) is 2.59. The molecule has 0 aliphatic heterocycles. The number of nitrogens with two attached hydrogens (primary N) is 1. The second-order valence-electron chi connectivity index (χ2n) is 3.77. The van der Waals surface area contributed by atoms with Gasteiger partial charge in [-0.15, -0.1) is 11.3 Å². The average molecular weight is 234 g/mol. The highest BCUT2D eigenvalue weighted by molar-refractivity contribution is 7.09. The first kappa shape index (κ1) is 11.1. The van der Waals surface area contributed by atoms with Crippen LogP contribution in [0, 0.1) is 6.92 Å². The van der Waals surface area contributed by atoms with E-state index in [0.29, 0.717) is 12.1 Å². The van der Waals surface area contributed by atoms with Crippen molar-refractivity contribution in [3.05, 3.63) is 45.9 Å². The number of nitrogen functional groups attached to an aromatic ring is 1. The van der Waals surface area contributed by atoms with Crippen LogP contribution in [0.3, 0.4) is 0 Å². The molecular formula is C12H14N2OS. The van der Waals surface area contributed by atoms with Crippen molar-refractivity contribution in [2.75, 3.05) is 5.73 Å². The minimum Gasteiger partial charge on any atom is -0.399 e. The lowest BCUT2D eigenvalue weighted by molar-refractivity contribution is 0.178. The van der Waals surface area contributed by atoms with Crippen LogP contribution in [0.15, 0.2) is 29.6 Å². The predicted octanol–water partition coefficient (Wildman–Crippen LogP) is 2.31. The van der Waals surface area contributed by atoms with Gasteiger partial charge in [0.25, 0.3) is 0 Å². The molecule has 0 fully saturated rings. The first-order chi connectivity index (χ1) is 7.65. The summed E-state index contributed by atoms with van der Waals surface area (Å²) >= 11 is 1.58. The Labute approximate surface area is 98.6 Å². The van der Waals surface area contributed by atoms with Gasteiger partial charge in [0, 0.05) is 23.2 Å². The van der Waals surface area contributed by atoms with Crippen molar-refractivity contribution in [2.45, 2.75) is 19.4 Å². The lowest BCUT2D eigenvalue weighted by atomic mass is 10.1. The molecule has 0 amide bonds. The molecule has 0 saturated heterocycles. The maximum absolute atomic E-state index is 10.00. The molecule has 4 heteroatoms. The number of rotatable bonds is 3. The number of aliphatic hydroxyl groups is 1. The normalized spacial score (nSPS) is 12.6. The first-order valence-corrected chi connectivity index (χ1v) is 5.97. The molecule has 0 bridgehead atoms. The maximum Gasteiger partial charge on any atom is 0.0957 e. The van der Waals surface area contributed by atoms with Gasteiger partial charge in [-0.25, -0.2) is 4.98 Å². The van der Waals surface area contributed by atoms with Gasteiger partial charge in [0.15, 0.2) is 0 Å². The number of nitrogens with zero attached hydrogens (tertiary/aromatic N) is 1. The van der Waals surface area contributed by atoms with Crippen molar-refractivity contribution in [3.8, 4) is 0 Å². The van der Waals surface area contributed by atoms with Crippen LogP contribution < -0.4 is 5.73 Å². The van der Waals surface area contributed by atoms with Crippen molar-refractivity contribution in [1.29, 1.82) is 0 Å². The topological polar surface area (TPSA) is 59.1 Å². The number of hydrogen-bond acceptors (Lipinski definition) is 4. The van der Waals surface area contributed by atoms with Gasteiger partial charge in [-0.3, -0.25) is 0 Å². The van der Waals surface area contributed by atoms with Crippen molar-refractivity contribution >= 4 is 17.0 Å². The summed E-state index contributed by atoms with van der Waals surface area (Å²) < 4.78 is 0. The summed E-state index contributed by atoms with van der Waals surface area (Å²) in [6.07, 6.45) is 0.0498. The van der Waals surface area contributed by atoms with E-state index in [1.54, 1.807) is 23.5 Å². The number of benzene rings is 1. The molecule has 0 spiro atoms. The molecule has 3 N–H and O–H groups in total. The molecule has 1 aromatic heterocycles. The Morgan fingerprint density at radius 3 is 2.62 bits per heavy atom. The Bertz CT molecular complexity index is 464. The minimum absolute atomic E-state index is 0.508. The largest absolute Gasteiger partial charge is 0.399 e. The standard InChI is InChI=1S/C12H14N2OS/c1-8-7-16-12(14-8)6-11(15)9-2-4-10(13)5-3-9/h2-5,7,11,15H,6,13H2,1H3. The smallest absolute Gasteiger partial charge is 0.0957 e. The molecule has 0 aliphatic carbocycles. The van der Waals surface area contributed by atoms with Crippen LogP contribution in [0.1, 0.15) is 22.4 Å². The summed E-state index contributed by atoms with van der Waals surface area (Å²) in [5.74, 6) is 0. The van der Waals surface area contributed by atoms with Crippen LogP contribution in [0.25, 0.3) is 0 Å². The van der Waals surface area contributed by atoms with Gasteiger partial charge in [-0.05, 0) is 24.6 Å². The molecule has 1 aromatic carbocycles. The fraction of sp³-hybridized carbons (Fsp3) is 0.250. The molecule has 0 aliphatic rings. The van der Waals surface area contributed by atoms with Crippen molar-refractivity contribution in [3.63, 3.8) is 0 Å².